The Morgan fingerprint density at radius 2 is 1.69 bits per heavy atom. The third kappa shape index (κ3) is 2.82. The number of hydrogen-bond acceptors (Lipinski definition) is 6. The Morgan fingerprint density at radius 3 is 2.38 bits per heavy atom. The summed E-state index contributed by atoms with van der Waals surface area (Å²) in [7, 11) is 1.59. The molecule has 0 bridgehead atoms. The number of benzene rings is 2. The Bertz CT molecular complexity index is 1150. The molecular formula is C21H16N2O4S2. The average molecular weight is 425 g/mol. The van der Waals surface area contributed by atoms with Crippen molar-refractivity contribution < 1.29 is 14.3 Å². The summed E-state index contributed by atoms with van der Waals surface area (Å²) in [4.78, 5) is 43.5. The number of para-hydroxylation sites is 1. The number of anilines is 1. The molecular weight excluding hydrogens is 408 g/mol. The van der Waals surface area contributed by atoms with E-state index in [-0.39, 0.29) is 22.6 Å². The number of ether oxygens (including phenoxy) is 1. The maximum absolute atomic E-state index is 13.5. The van der Waals surface area contributed by atoms with Crippen LogP contribution in [0.1, 0.15) is 16.4 Å². The van der Waals surface area contributed by atoms with Crippen LogP contribution in [0.5, 0.6) is 5.75 Å². The lowest BCUT2D eigenvalue weighted by molar-refractivity contribution is -0.122. The molecule has 6 nitrogen and oxygen atoms in total. The number of nitrogens with one attached hydrogen (secondary N) is 1. The predicted molar refractivity (Wildman–Crippen MR) is 112 cm³/mol. The highest BCUT2D eigenvalue weighted by Crippen LogP contribution is 2.53. The molecule has 0 saturated carbocycles. The Morgan fingerprint density at radius 1 is 0.966 bits per heavy atom. The number of imide groups is 1. The molecule has 1 fully saturated rings. The van der Waals surface area contributed by atoms with Crippen molar-refractivity contribution in [1.82, 2.24) is 4.98 Å². The first-order chi connectivity index (χ1) is 14.1. The van der Waals surface area contributed by atoms with Gasteiger partial charge in [-0.3, -0.25) is 14.4 Å². The molecule has 1 N–H and O–H groups in total. The average Bonchev–Trinajstić information content (AvgIpc) is 3.23. The van der Waals surface area contributed by atoms with Crippen molar-refractivity contribution >= 4 is 40.6 Å². The number of aromatic amines is 1. The van der Waals surface area contributed by atoms with Crippen molar-refractivity contribution in [2.24, 2.45) is 5.92 Å². The summed E-state index contributed by atoms with van der Waals surface area (Å²) in [6, 6.07) is 16.4. The number of H-pyrrole nitrogens is 1. The summed E-state index contributed by atoms with van der Waals surface area (Å²) in [6.45, 7) is 0. The molecule has 8 heteroatoms. The zero-order chi connectivity index (χ0) is 20.1. The second kappa shape index (κ2) is 6.89. The molecule has 1 saturated heterocycles. The van der Waals surface area contributed by atoms with Crippen LogP contribution in [0.25, 0.3) is 0 Å². The van der Waals surface area contributed by atoms with E-state index in [9.17, 15) is 14.4 Å². The molecule has 3 atom stereocenters. The van der Waals surface area contributed by atoms with Crippen LogP contribution in [0.2, 0.25) is 0 Å². The second-order valence-electron chi connectivity index (χ2n) is 6.87. The molecule has 2 aliphatic rings. The van der Waals surface area contributed by atoms with Crippen LogP contribution in [0.4, 0.5) is 5.69 Å². The lowest BCUT2D eigenvalue weighted by Gasteiger charge is -2.29. The fourth-order valence-corrected chi connectivity index (χ4v) is 6.53. The fourth-order valence-electron chi connectivity index (χ4n) is 4.02. The SMILES string of the molecule is COc1ccc([C@@H]2c3sc(=O)[nH]c3S[C@@H]3C(=O)N(c4ccccc4)C(=O)[C@@H]23)cc1. The third-order valence-corrected chi connectivity index (χ3v) is 7.71. The third-order valence-electron chi connectivity index (χ3n) is 5.31. The van der Waals surface area contributed by atoms with Gasteiger partial charge in [-0.2, -0.15) is 0 Å². The van der Waals surface area contributed by atoms with Crippen LogP contribution in [0.3, 0.4) is 0 Å². The van der Waals surface area contributed by atoms with Gasteiger partial charge in [0.05, 0.1) is 23.7 Å². The number of hydrogen-bond donors (Lipinski definition) is 1. The Hall–Kier alpha value is -2.84. The fraction of sp³-hybridized carbons (Fsp3) is 0.190. The van der Waals surface area contributed by atoms with E-state index in [0.29, 0.717) is 16.5 Å². The highest BCUT2D eigenvalue weighted by Gasteiger charge is 2.56. The number of nitrogens with zero attached hydrogens (tertiary/aromatic N) is 1. The number of thioether (sulfide) groups is 1. The smallest absolute Gasteiger partial charge is 0.305 e. The quantitative estimate of drug-likeness (QED) is 0.653. The lowest BCUT2D eigenvalue weighted by atomic mass is 9.83. The first kappa shape index (κ1) is 18.2. The zero-order valence-electron chi connectivity index (χ0n) is 15.3. The summed E-state index contributed by atoms with van der Waals surface area (Å²) in [5.41, 5.74) is 1.46. The number of thiazole rings is 1. The van der Waals surface area contributed by atoms with Crippen LogP contribution in [0, 0.1) is 5.92 Å². The van der Waals surface area contributed by atoms with Gasteiger partial charge in [-0.05, 0) is 29.8 Å². The van der Waals surface area contributed by atoms with E-state index in [1.54, 1.807) is 31.4 Å². The van der Waals surface area contributed by atoms with Gasteiger partial charge >= 0.3 is 4.87 Å². The molecule has 2 aromatic carbocycles. The molecule has 3 aromatic rings. The highest BCUT2D eigenvalue weighted by molar-refractivity contribution is 8.00. The normalized spacial score (nSPS) is 23.1. The monoisotopic (exact) mass is 424 g/mol. The number of fused-ring (bicyclic) bond motifs is 2. The minimum atomic E-state index is -0.576. The van der Waals surface area contributed by atoms with Crippen molar-refractivity contribution in [2.75, 3.05) is 12.0 Å². The largest absolute Gasteiger partial charge is 0.497 e. The number of carbonyl (C=O) groups excluding carboxylic acids is 2. The number of aromatic nitrogens is 1. The molecule has 146 valence electrons. The first-order valence-electron chi connectivity index (χ1n) is 9.05. The maximum Gasteiger partial charge on any atom is 0.305 e. The summed E-state index contributed by atoms with van der Waals surface area (Å²) in [6.07, 6.45) is 0. The molecule has 3 heterocycles. The van der Waals surface area contributed by atoms with Crippen LogP contribution >= 0.6 is 23.1 Å². The molecule has 0 unspecified atom stereocenters. The van der Waals surface area contributed by atoms with Gasteiger partial charge in [0.1, 0.15) is 11.0 Å². The van der Waals surface area contributed by atoms with Gasteiger partial charge in [0.2, 0.25) is 11.8 Å². The number of rotatable bonds is 3. The summed E-state index contributed by atoms with van der Waals surface area (Å²) >= 11 is 2.39. The topological polar surface area (TPSA) is 79.5 Å². The number of methoxy groups -OCH3 is 1. The molecule has 1 aromatic heterocycles. The van der Waals surface area contributed by atoms with Crippen LogP contribution in [-0.4, -0.2) is 29.2 Å². The standard InChI is InChI=1S/C21H16N2O4S2/c1-27-13-9-7-11(8-10-13)14-15-17(28-18-16(14)29-21(26)22-18)20(25)23(19(15)24)12-5-3-2-4-6-12/h2-10,14-15,17H,1H3,(H,22,26)/t14-,15-,17-/m0/s1. The van der Waals surface area contributed by atoms with Gasteiger partial charge in [-0.1, -0.05) is 53.4 Å². The molecule has 0 spiro atoms. The second-order valence-corrected chi connectivity index (χ2v) is 9.04. The molecule has 0 radical (unpaired) electrons. The molecule has 0 aliphatic carbocycles. The van der Waals surface area contributed by atoms with Gasteiger partial charge in [0.15, 0.2) is 0 Å². The summed E-state index contributed by atoms with van der Waals surface area (Å²) in [5.74, 6) is -0.701. The Balaban J connectivity index is 1.64. The molecule has 2 amide bonds. The highest BCUT2D eigenvalue weighted by atomic mass is 32.2. The van der Waals surface area contributed by atoms with Gasteiger partial charge in [0.25, 0.3) is 0 Å². The van der Waals surface area contributed by atoms with E-state index >= 15 is 0 Å². The van der Waals surface area contributed by atoms with E-state index in [0.717, 1.165) is 21.8 Å². The van der Waals surface area contributed by atoms with Gasteiger partial charge in [-0.15, -0.1) is 0 Å². The van der Waals surface area contributed by atoms with Crippen molar-refractivity contribution in [3.05, 3.63) is 74.7 Å². The first-order valence-corrected chi connectivity index (χ1v) is 10.7. The molecule has 2 aliphatic heterocycles. The van der Waals surface area contributed by atoms with Crippen LogP contribution in [0.15, 0.2) is 64.4 Å². The Labute approximate surface area is 174 Å². The van der Waals surface area contributed by atoms with E-state index in [1.807, 2.05) is 30.3 Å². The Kier molecular flexibility index (Phi) is 4.33. The van der Waals surface area contributed by atoms with Crippen molar-refractivity contribution in [3.63, 3.8) is 0 Å². The van der Waals surface area contributed by atoms with Gasteiger partial charge < -0.3 is 9.72 Å². The molecule has 5 rings (SSSR count). The van der Waals surface area contributed by atoms with Crippen LogP contribution in [-0.2, 0) is 9.59 Å². The minimum absolute atomic E-state index is 0.180. The van der Waals surface area contributed by atoms with Gasteiger partial charge in [0, 0.05) is 10.8 Å². The van der Waals surface area contributed by atoms with Crippen LogP contribution < -0.4 is 14.5 Å². The number of carbonyl (C=O) groups is 2. The van der Waals surface area contributed by atoms with Crippen molar-refractivity contribution in [1.29, 1.82) is 0 Å². The predicted octanol–water partition coefficient (Wildman–Crippen LogP) is 3.24. The van der Waals surface area contributed by atoms with Crippen molar-refractivity contribution in [2.45, 2.75) is 16.2 Å². The minimum Gasteiger partial charge on any atom is -0.497 e. The van der Waals surface area contributed by atoms with E-state index in [1.165, 1.54) is 16.7 Å². The van der Waals surface area contributed by atoms with E-state index < -0.39 is 11.2 Å². The summed E-state index contributed by atoms with van der Waals surface area (Å²) in [5, 5.41) is 0.102. The van der Waals surface area contributed by atoms with E-state index in [2.05, 4.69) is 4.98 Å². The van der Waals surface area contributed by atoms with E-state index in [4.69, 9.17) is 4.74 Å². The number of amides is 2. The lowest BCUT2D eigenvalue weighted by Crippen LogP contribution is -2.32. The molecule has 29 heavy (non-hydrogen) atoms. The maximum atomic E-state index is 13.5. The van der Waals surface area contributed by atoms with Crippen molar-refractivity contribution in [3.8, 4) is 5.75 Å². The zero-order valence-corrected chi connectivity index (χ0v) is 17.0. The summed E-state index contributed by atoms with van der Waals surface area (Å²) < 4.78 is 5.24. The van der Waals surface area contributed by atoms with Gasteiger partial charge in [-0.25, -0.2) is 4.90 Å².